The number of aromatic nitrogens is 1. The highest BCUT2D eigenvalue weighted by atomic mass is 16.1. The van der Waals surface area contributed by atoms with E-state index in [-0.39, 0.29) is 0 Å². The molecule has 0 aliphatic rings. The Morgan fingerprint density at radius 3 is 2.48 bits per heavy atom. The van der Waals surface area contributed by atoms with Gasteiger partial charge in [-0.15, -0.1) is 0 Å². The van der Waals surface area contributed by atoms with Crippen LogP contribution in [0.4, 0.5) is 11.5 Å². The Kier molecular flexibility index (Phi) is 4.55. The molecule has 5 N–H and O–H groups in total. The Hall–Kier alpha value is -2.40. The van der Waals surface area contributed by atoms with Gasteiger partial charge in [-0.2, -0.15) is 0 Å². The van der Waals surface area contributed by atoms with Crippen molar-refractivity contribution >= 4 is 17.4 Å². The summed E-state index contributed by atoms with van der Waals surface area (Å²) in [6, 6.07) is 9.73. The van der Waals surface area contributed by atoms with E-state index in [1.807, 2.05) is 44.2 Å². The summed E-state index contributed by atoms with van der Waals surface area (Å²) in [6.45, 7) is 4.36. The fourth-order valence-electron chi connectivity index (χ4n) is 2.30. The third-order valence-electron chi connectivity index (χ3n) is 3.24. The van der Waals surface area contributed by atoms with E-state index in [0.29, 0.717) is 17.9 Å². The number of amides is 1. The van der Waals surface area contributed by atoms with Gasteiger partial charge in [-0.05, 0) is 56.1 Å². The monoisotopic (exact) mass is 284 g/mol. The van der Waals surface area contributed by atoms with Gasteiger partial charge < -0.3 is 16.8 Å². The number of hydrogen-bond acceptors (Lipinski definition) is 4. The van der Waals surface area contributed by atoms with Crippen LogP contribution < -0.4 is 16.8 Å². The molecule has 0 saturated heterocycles. The summed E-state index contributed by atoms with van der Waals surface area (Å²) in [6.07, 6.45) is 0.842. The minimum atomic E-state index is -0.484. The van der Waals surface area contributed by atoms with Gasteiger partial charge >= 0.3 is 0 Å². The second kappa shape index (κ2) is 6.37. The van der Waals surface area contributed by atoms with Crippen molar-refractivity contribution in [2.24, 2.45) is 11.5 Å². The van der Waals surface area contributed by atoms with Gasteiger partial charge in [0.05, 0.1) is 5.56 Å². The molecule has 0 spiro atoms. The molecule has 0 aliphatic heterocycles. The van der Waals surface area contributed by atoms with Gasteiger partial charge in [-0.3, -0.25) is 4.79 Å². The largest absolute Gasteiger partial charge is 0.365 e. The summed E-state index contributed by atoms with van der Waals surface area (Å²) in [5.74, 6) is 0.00817. The van der Waals surface area contributed by atoms with E-state index in [9.17, 15) is 4.79 Å². The van der Waals surface area contributed by atoms with Crippen LogP contribution in [0.15, 0.2) is 30.3 Å². The molecular formula is C16H20N4O. The lowest BCUT2D eigenvalue weighted by Gasteiger charge is -2.13. The van der Waals surface area contributed by atoms with Crippen molar-refractivity contribution < 1.29 is 4.79 Å². The number of nitrogens with zero attached hydrogens (tertiary/aromatic N) is 1. The molecule has 0 radical (unpaired) electrons. The van der Waals surface area contributed by atoms with Crippen LogP contribution in [0.3, 0.4) is 0 Å². The van der Waals surface area contributed by atoms with Crippen molar-refractivity contribution in [1.29, 1.82) is 0 Å². The maximum absolute atomic E-state index is 11.6. The number of rotatable bonds is 5. The fraction of sp³-hybridized carbons (Fsp3) is 0.250. The lowest BCUT2D eigenvalue weighted by molar-refractivity contribution is 0.100. The third kappa shape index (κ3) is 3.58. The molecule has 2 rings (SSSR count). The van der Waals surface area contributed by atoms with Gasteiger partial charge in [0.15, 0.2) is 0 Å². The first-order valence-corrected chi connectivity index (χ1v) is 6.85. The van der Waals surface area contributed by atoms with Crippen LogP contribution in [-0.2, 0) is 6.42 Å². The lowest BCUT2D eigenvalue weighted by Crippen LogP contribution is -2.16. The molecule has 1 aromatic carbocycles. The van der Waals surface area contributed by atoms with Gasteiger partial charge in [0, 0.05) is 11.4 Å². The minimum Gasteiger partial charge on any atom is -0.365 e. The number of benzene rings is 1. The van der Waals surface area contributed by atoms with Crippen LogP contribution in [0.1, 0.15) is 27.2 Å². The molecule has 0 bridgehead atoms. The van der Waals surface area contributed by atoms with Crippen LogP contribution in [-0.4, -0.2) is 17.4 Å². The number of carbonyl (C=O) groups is 1. The molecule has 21 heavy (non-hydrogen) atoms. The summed E-state index contributed by atoms with van der Waals surface area (Å²) >= 11 is 0. The average molecular weight is 284 g/mol. The summed E-state index contributed by atoms with van der Waals surface area (Å²) in [7, 11) is 0. The first kappa shape index (κ1) is 15.0. The first-order valence-electron chi connectivity index (χ1n) is 6.85. The molecule has 1 amide bonds. The Morgan fingerprint density at radius 1 is 1.24 bits per heavy atom. The summed E-state index contributed by atoms with van der Waals surface area (Å²) in [5.41, 5.74) is 15.1. The van der Waals surface area contributed by atoms with Gasteiger partial charge in [0.25, 0.3) is 5.91 Å². The van der Waals surface area contributed by atoms with Crippen LogP contribution >= 0.6 is 0 Å². The highest BCUT2D eigenvalue weighted by Crippen LogP contribution is 2.22. The zero-order valence-electron chi connectivity index (χ0n) is 12.3. The molecule has 5 nitrogen and oxygen atoms in total. The van der Waals surface area contributed by atoms with Crippen LogP contribution in [0.25, 0.3) is 0 Å². The Bertz CT molecular complexity index is 650. The van der Waals surface area contributed by atoms with Crippen molar-refractivity contribution in [3.05, 3.63) is 52.7 Å². The summed E-state index contributed by atoms with van der Waals surface area (Å²) in [4.78, 5) is 16.0. The molecule has 5 heteroatoms. The van der Waals surface area contributed by atoms with Gasteiger partial charge in [-0.25, -0.2) is 4.98 Å². The predicted molar refractivity (Wildman–Crippen MR) is 84.7 cm³/mol. The fourth-order valence-corrected chi connectivity index (χ4v) is 2.30. The lowest BCUT2D eigenvalue weighted by atomic mass is 10.1. The molecule has 2 aromatic rings. The molecule has 110 valence electrons. The Balaban J connectivity index is 2.32. The number of carbonyl (C=O) groups excluding carboxylic acids is 1. The standard InChI is InChI=1S/C16H20N4O/c1-10-9-11(2)19-16(14(10)15(18)21)20-13-5-3-12(4-6-13)7-8-17/h3-6,9H,7-8,17H2,1-2H3,(H2,18,21)(H,19,20). The van der Waals surface area contributed by atoms with Gasteiger partial charge in [0.2, 0.25) is 0 Å². The zero-order valence-corrected chi connectivity index (χ0v) is 12.3. The smallest absolute Gasteiger partial charge is 0.252 e. The SMILES string of the molecule is Cc1cc(C)c(C(N)=O)c(Nc2ccc(CCN)cc2)n1. The Morgan fingerprint density at radius 2 is 1.90 bits per heavy atom. The zero-order chi connectivity index (χ0) is 15.4. The highest BCUT2D eigenvalue weighted by Gasteiger charge is 2.14. The molecule has 0 saturated carbocycles. The maximum atomic E-state index is 11.6. The predicted octanol–water partition coefficient (Wildman–Crippen LogP) is 2.04. The average Bonchev–Trinajstić information content (AvgIpc) is 2.40. The number of aryl methyl sites for hydroxylation is 2. The van der Waals surface area contributed by atoms with Crippen molar-refractivity contribution in [3.63, 3.8) is 0 Å². The molecule has 0 aliphatic carbocycles. The number of anilines is 2. The molecule has 1 heterocycles. The number of pyridine rings is 1. The normalized spacial score (nSPS) is 10.4. The van der Waals surface area contributed by atoms with Gasteiger partial charge in [-0.1, -0.05) is 12.1 Å². The van der Waals surface area contributed by atoms with E-state index in [4.69, 9.17) is 11.5 Å². The number of primary amides is 1. The van der Waals surface area contributed by atoms with E-state index in [1.54, 1.807) is 0 Å². The number of nitrogens with one attached hydrogen (secondary N) is 1. The van der Waals surface area contributed by atoms with E-state index in [1.165, 1.54) is 5.56 Å². The van der Waals surface area contributed by atoms with E-state index in [2.05, 4.69) is 10.3 Å². The van der Waals surface area contributed by atoms with E-state index < -0.39 is 5.91 Å². The van der Waals surface area contributed by atoms with E-state index in [0.717, 1.165) is 23.4 Å². The first-order chi connectivity index (χ1) is 10.0. The minimum absolute atomic E-state index is 0.423. The van der Waals surface area contributed by atoms with Gasteiger partial charge in [0.1, 0.15) is 5.82 Å². The molecular weight excluding hydrogens is 264 g/mol. The number of nitrogens with two attached hydrogens (primary N) is 2. The van der Waals surface area contributed by atoms with E-state index >= 15 is 0 Å². The molecule has 0 atom stereocenters. The van der Waals surface area contributed by atoms with Crippen LogP contribution in [0.2, 0.25) is 0 Å². The van der Waals surface area contributed by atoms with Crippen LogP contribution in [0, 0.1) is 13.8 Å². The topological polar surface area (TPSA) is 94.0 Å². The molecule has 0 unspecified atom stereocenters. The number of hydrogen-bond donors (Lipinski definition) is 3. The maximum Gasteiger partial charge on any atom is 0.252 e. The Labute approximate surface area is 124 Å². The van der Waals surface area contributed by atoms with Crippen LogP contribution in [0.5, 0.6) is 0 Å². The summed E-state index contributed by atoms with van der Waals surface area (Å²) < 4.78 is 0. The molecule has 1 aromatic heterocycles. The molecule has 0 fully saturated rings. The third-order valence-corrected chi connectivity index (χ3v) is 3.24. The quantitative estimate of drug-likeness (QED) is 0.783. The van der Waals surface area contributed by atoms with Crippen molar-refractivity contribution in [2.75, 3.05) is 11.9 Å². The second-order valence-electron chi connectivity index (χ2n) is 5.03. The second-order valence-corrected chi connectivity index (χ2v) is 5.03. The van der Waals surface area contributed by atoms with Crippen molar-refractivity contribution in [1.82, 2.24) is 4.98 Å². The summed E-state index contributed by atoms with van der Waals surface area (Å²) in [5, 5.41) is 3.16. The van der Waals surface area contributed by atoms with Crippen molar-refractivity contribution in [2.45, 2.75) is 20.3 Å². The van der Waals surface area contributed by atoms with Crippen molar-refractivity contribution in [3.8, 4) is 0 Å². The highest BCUT2D eigenvalue weighted by molar-refractivity contribution is 5.99.